The van der Waals surface area contributed by atoms with E-state index in [2.05, 4.69) is 15.6 Å². The number of halogens is 5. The largest absolute Gasteiger partial charge is 0.417 e. The molecular weight excluding hydrogens is 390 g/mol. The standard InChI is InChI=1S/C17H16Cl2F3N3O/c1-9(2)7-24-16(26)13-8-23-15(6-14(13)17(20,21)22)25-12-4-10(18)3-11(19)5-12/h3-6,8-9H,7H2,1-2H3,(H,23,25)(H,24,26). The van der Waals surface area contributed by atoms with Gasteiger partial charge in [0.25, 0.3) is 5.91 Å². The Morgan fingerprint density at radius 3 is 2.31 bits per heavy atom. The molecular formula is C17H16Cl2F3N3O. The molecule has 2 N–H and O–H groups in total. The first kappa shape index (κ1) is 20.3. The first-order valence-electron chi connectivity index (χ1n) is 7.65. The summed E-state index contributed by atoms with van der Waals surface area (Å²) < 4.78 is 40.1. The van der Waals surface area contributed by atoms with Gasteiger partial charge in [0.2, 0.25) is 0 Å². The van der Waals surface area contributed by atoms with E-state index in [1.54, 1.807) is 0 Å². The third-order valence-electron chi connectivity index (χ3n) is 3.26. The van der Waals surface area contributed by atoms with Gasteiger partial charge in [-0.25, -0.2) is 4.98 Å². The van der Waals surface area contributed by atoms with Gasteiger partial charge < -0.3 is 10.6 Å². The molecule has 1 aromatic carbocycles. The Morgan fingerprint density at radius 1 is 1.15 bits per heavy atom. The van der Waals surface area contributed by atoms with Crippen LogP contribution in [0.4, 0.5) is 24.7 Å². The zero-order valence-electron chi connectivity index (χ0n) is 13.9. The van der Waals surface area contributed by atoms with Gasteiger partial charge in [0.1, 0.15) is 5.82 Å². The van der Waals surface area contributed by atoms with Crippen molar-refractivity contribution in [3.8, 4) is 0 Å². The third-order valence-corrected chi connectivity index (χ3v) is 3.70. The van der Waals surface area contributed by atoms with E-state index < -0.39 is 23.2 Å². The van der Waals surface area contributed by atoms with Crippen molar-refractivity contribution in [1.82, 2.24) is 10.3 Å². The lowest BCUT2D eigenvalue weighted by Crippen LogP contribution is -2.29. The number of carbonyl (C=O) groups excluding carboxylic acids is 1. The molecule has 4 nitrogen and oxygen atoms in total. The van der Waals surface area contributed by atoms with Crippen LogP contribution in [-0.2, 0) is 6.18 Å². The maximum absolute atomic E-state index is 13.4. The summed E-state index contributed by atoms with van der Waals surface area (Å²) >= 11 is 11.7. The van der Waals surface area contributed by atoms with Gasteiger partial charge in [-0.05, 0) is 30.2 Å². The normalized spacial score (nSPS) is 11.5. The Kier molecular flexibility index (Phi) is 6.36. The van der Waals surface area contributed by atoms with Crippen LogP contribution >= 0.6 is 23.2 Å². The van der Waals surface area contributed by atoms with Crippen molar-refractivity contribution in [3.63, 3.8) is 0 Å². The molecule has 0 bridgehead atoms. The van der Waals surface area contributed by atoms with Crippen molar-refractivity contribution in [2.24, 2.45) is 5.92 Å². The number of nitrogens with zero attached hydrogens (tertiary/aromatic N) is 1. The average molecular weight is 406 g/mol. The average Bonchev–Trinajstić information content (AvgIpc) is 2.50. The van der Waals surface area contributed by atoms with Crippen LogP contribution in [0.2, 0.25) is 10.0 Å². The highest BCUT2D eigenvalue weighted by atomic mass is 35.5. The molecule has 0 fully saturated rings. The van der Waals surface area contributed by atoms with E-state index >= 15 is 0 Å². The van der Waals surface area contributed by atoms with Crippen molar-refractivity contribution in [3.05, 3.63) is 51.6 Å². The summed E-state index contributed by atoms with van der Waals surface area (Å²) in [4.78, 5) is 16.0. The van der Waals surface area contributed by atoms with Crippen LogP contribution in [0.15, 0.2) is 30.5 Å². The van der Waals surface area contributed by atoms with Gasteiger partial charge in [-0.1, -0.05) is 37.0 Å². The Labute approximate surface area is 158 Å². The summed E-state index contributed by atoms with van der Waals surface area (Å²) in [6.45, 7) is 3.94. The minimum atomic E-state index is -4.71. The first-order chi connectivity index (χ1) is 12.1. The van der Waals surface area contributed by atoms with Crippen molar-refractivity contribution < 1.29 is 18.0 Å². The molecule has 2 aromatic rings. The zero-order chi connectivity index (χ0) is 19.5. The van der Waals surface area contributed by atoms with E-state index in [9.17, 15) is 18.0 Å². The van der Waals surface area contributed by atoms with Crippen LogP contribution in [-0.4, -0.2) is 17.4 Å². The van der Waals surface area contributed by atoms with E-state index in [-0.39, 0.29) is 18.3 Å². The first-order valence-corrected chi connectivity index (χ1v) is 8.40. The van der Waals surface area contributed by atoms with Crippen LogP contribution in [0.5, 0.6) is 0 Å². The highest BCUT2D eigenvalue weighted by Crippen LogP contribution is 2.34. The summed E-state index contributed by atoms with van der Waals surface area (Å²) in [7, 11) is 0. The van der Waals surface area contributed by atoms with Crippen LogP contribution in [0.1, 0.15) is 29.8 Å². The van der Waals surface area contributed by atoms with Crippen LogP contribution < -0.4 is 10.6 Å². The Bertz CT molecular complexity index is 790. The monoisotopic (exact) mass is 405 g/mol. The van der Waals surface area contributed by atoms with Crippen LogP contribution in [0, 0.1) is 5.92 Å². The van der Waals surface area contributed by atoms with E-state index in [1.807, 2.05) is 13.8 Å². The highest BCUT2D eigenvalue weighted by molar-refractivity contribution is 6.35. The Balaban J connectivity index is 2.34. The number of anilines is 2. The van der Waals surface area contributed by atoms with E-state index in [0.29, 0.717) is 15.7 Å². The van der Waals surface area contributed by atoms with Gasteiger partial charge >= 0.3 is 6.18 Å². The summed E-state index contributed by atoms with van der Waals surface area (Å²) in [6, 6.07) is 5.25. The lowest BCUT2D eigenvalue weighted by Gasteiger charge is -2.15. The minimum Gasteiger partial charge on any atom is -0.352 e. The number of pyridine rings is 1. The lowest BCUT2D eigenvalue weighted by atomic mass is 10.1. The predicted octanol–water partition coefficient (Wildman–Crippen LogP) is 5.54. The molecule has 140 valence electrons. The van der Waals surface area contributed by atoms with Gasteiger partial charge in [0.15, 0.2) is 0 Å². The van der Waals surface area contributed by atoms with Gasteiger partial charge in [-0.3, -0.25) is 4.79 Å². The van der Waals surface area contributed by atoms with Crippen LogP contribution in [0.25, 0.3) is 0 Å². The number of alkyl halides is 3. The molecule has 2 rings (SSSR count). The second-order valence-corrected chi connectivity index (χ2v) is 6.87. The third kappa shape index (κ3) is 5.51. The molecule has 0 aliphatic carbocycles. The fraction of sp³-hybridized carbons (Fsp3) is 0.294. The molecule has 1 heterocycles. The fourth-order valence-electron chi connectivity index (χ4n) is 2.11. The molecule has 1 aromatic heterocycles. The van der Waals surface area contributed by atoms with Crippen molar-refractivity contribution in [1.29, 1.82) is 0 Å². The Morgan fingerprint density at radius 2 is 1.77 bits per heavy atom. The summed E-state index contributed by atoms with van der Waals surface area (Å²) in [5.74, 6) is -0.804. The van der Waals surface area contributed by atoms with E-state index in [1.165, 1.54) is 18.2 Å². The molecule has 0 saturated carbocycles. The molecule has 26 heavy (non-hydrogen) atoms. The number of rotatable bonds is 5. The zero-order valence-corrected chi connectivity index (χ0v) is 15.4. The van der Waals surface area contributed by atoms with Crippen LogP contribution in [0.3, 0.4) is 0 Å². The molecule has 9 heteroatoms. The molecule has 0 atom stereocenters. The second-order valence-electron chi connectivity index (χ2n) is 6.00. The molecule has 0 spiro atoms. The van der Waals surface area contributed by atoms with Gasteiger partial charge in [0, 0.05) is 28.5 Å². The number of nitrogens with one attached hydrogen (secondary N) is 2. The van der Waals surface area contributed by atoms with Gasteiger partial charge in [-0.2, -0.15) is 13.2 Å². The van der Waals surface area contributed by atoms with E-state index in [0.717, 1.165) is 12.3 Å². The van der Waals surface area contributed by atoms with Crippen molar-refractivity contribution in [2.75, 3.05) is 11.9 Å². The van der Waals surface area contributed by atoms with Crippen molar-refractivity contribution in [2.45, 2.75) is 20.0 Å². The number of benzene rings is 1. The number of carbonyl (C=O) groups is 1. The summed E-state index contributed by atoms with van der Waals surface area (Å²) in [5, 5.41) is 5.80. The number of aromatic nitrogens is 1. The summed E-state index contributed by atoms with van der Waals surface area (Å²) in [6.07, 6.45) is -3.82. The minimum absolute atomic E-state index is 0.0870. The molecule has 0 radical (unpaired) electrons. The predicted molar refractivity (Wildman–Crippen MR) is 96.2 cm³/mol. The molecule has 1 amide bonds. The number of amides is 1. The number of hydrogen-bond acceptors (Lipinski definition) is 3. The van der Waals surface area contributed by atoms with Crippen molar-refractivity contribution >= 4 is 40.6 Å². The highest BCUT2D eigenvalue weighted by Gasteiger charge is 2.36. The molecule has 0 saturated heterocycles. The SMILES string of the molecule is CC(C)CNC(=O)c1cnc(Nc2cc(Cl)cc(Cl)c2)cc1C(F)(F)F. The van der Waals surface area contributed by atoms with E-state index in [4.69, 9.17) is 23.2 Å². The quantitative estimate of drug-likeness (QED) is 0.686. The topological polar surface area (TPSA) is 54.0 Å². The lowest BCUT2D eigenvalue weighted by molar-refractivity contribution is -0.137. The smallest absolute Gasteiger partial charge is 0.352 e. The van der Waals surface area contributed by atoms with Gasteiger partial charge in [-0.15, -0.1) is 0 Å². The molecule has 0 unspecified atom stereocenters. The molecule has 0 aliphatic heterocycles. The summed E-state index contributed by atoms with van der Waals surface area (Å²) in [5.41, 5.74) is -1.24. The maximum atomic E-state index is 13.4. The Hall–Kier alpha value is -1.99. The van der Waals surface area contributed by atoms with Gasteiger partial charge in [0.05, 0.1) is 11.1 Å². The second kappa shape index (κ2) is 8.14. The number of hydrogen-bond donors (Lipinski definition) is 2. The molecule has 0 aliphatic rings. The fourth-order valence-corrected chi connectivity index (χ4v) is 2.63. The maximum Gasteiger partial charge on any atom is 0.417 e.